The second-order valence-electron chi connectivity index (χ2n) is 4.70. The number of benzene rings is 1. The maximum atomic E-state index is 12.8. The van der Waals surface area contributed by atoms with Crippen molar-refractivity contribution in [3.63, 3.8) is 0 Å². The van der Waals surface area contributed by atoms with E-state index >= 15 is 0 Å². The van der Waals surface area contributed by atoms with Gasteiger partial charge in [-0.15, -0.1) is 0 Å². The van der Waals surface area contributed by atoms with Crippen molar-refractivity contribution in [3.05, 3.63) is 47.5 Å². The van der Waals surface area contributed by atoms with Crippen LogP contribution in [0.5, 0.6) is 0 Å². The molecule has 0 amide bonds. The molecule has 0 unspecified atom stereocenters. The first-order valence-corrected chi connectivity index (χ1v) is 6.70. The van der Waals surface area contributed by atoms with Gasteiger partial charge in [0, 0.05) is 26.4 Å². The highest BCUT2D eigenvalue weighted by molar-refractivity contribution is 5.29. The van der Waals surface area contributed by atoms with Gasteiger partial charge in [-0.05, 0) is 31.0 Å². The predicted molar refractivity (Wildman–Crippen MR) is 77.4 cm³/mol. The van der Waals surface area contributed by atoms with Gasteiger partial charge >= 0.3 is 0 Å². The number of rotatable bonds is 7. The molecule has 1 N–H and O–H groups in total. The van der Waals surface area contributed by atoms with Gasteiger partial charge in [0.25, 0.3) is 0 Å². The Bertz CT molecular complexity index is 537. The number of halogens is 1. The minimum absolute atomic E-state index is 0.201. The van der Waals surface area contributed by atoms with Crippen LogP contribution in [-0.2, 0) is 17.7 Å². The lowest BCUT2D eigenvalue weighted by molar-refractivity contribution is 0.187. The van der Waals surface area contributed by atoms with E-state index in [0.717, 1.165) is 36.7 Å². The molecule has 20 heavy (non-hydrogen) atoms. The van der Waals surface area contributed by atoms with Gasteiger partial charge in [-0.3, -0.25) is 0 Å². The Morgan fingerprint density at radius 3 is 2.75 bits per heavy atom. The van der Waals surface area contributed by atoms with E-state index in [0.29, 0.717) is 6.61 Å². The van der Waals surface area contributed by atoms with E-state index < -0.39 is 0 Å². The van der Waals surface area contributed by atoms with E-state index in [1.54, 1.807) is 19.2 Å². The molecular weight excluding hydrogens is 257 g/mol. The van der Waals surface area contributed by atoms with Gasteiger partial charge in [0.05, 0.1) is 12.3 Å². The second-order valence-corrected chi connectivity index (χ2v) is 4.70. The average molecular weight is 277 g/mol. The average Bonchev–Trinajstić information content (AvgIpc) is 2.79. The summed E-state index contributed by atoms with van der Waals surface area (Å²) in [6.45, 7) is 4.15. The fraction of sp³-hybridized carbons (Fsp3) is 0.400. The highest BCUT2D eigenvalue weighted by Gasteiger charge is 2.04. The third-order valence-electron chi connectivity index (χ3n) is 3.04. The Morgan fingerprint density at radius 1 is 1.30 bits per heavy atom. The molecule has 1 aromatic heterocycles. The molecule has 0 bridgehead atoms. The lowest BCUT2D eigenvalue weighted by Gasteiger charge is -2.09. The van der Waals surface area contributed by atoms with Crippen molar-refractivity contribution in [2.75, 3.05) is 25.6 Å². The monoisotopic (exact) mass is 277 g/mol. The number of ether oxygens (including phenoxy) is 1. The summed E-state index contributed by atoms with van der Waals surface area (Å²) in [4.78, 5) is 4.45. The molecule has 0 atom stereocenters. The molecule has 108 valence electrons. The van der Waals surface area contributed by atoms with Crippen LogP contribution in [-0.4, -0.2) is 29.8 Å². The molecule has 2 rings (SSSR count). The van der Waals surface area contributed by atoms with Crippen molar-refractivity contribution >= 4 is 5.95 Å². The third-order valence-corrected chi connectivity index (χ3v) is 3.04. The van der Waals surface area contributed by atoms with Crippen LogP contribution in [0.4, 0.5) is 10.3 Å². The summed E-state index contributed by atoms with van der Waals surface area (Å²) < 4.78 is 19.9. The normalized spacial score (nSPS) is 10.8. The summed E-state index contributed by atoms with van der Waals surface area (Å²) in [5, 5.41) is 3.31. The highest BCUT2D eigenvalue weighted by Crippen LogP contribution is 2.09. The zero-order chi connectivity index (χ0) is 14.4. The molecule has 5 heteroatoms. The molecule has 0 aliphatic carbocycles. The number of imidazole rings is 1. The Hall–Kier alpha value is -1.88. The Labute approximate surface area is 118 Å². The van der Waals surface area contributed by atoms with Gasteiger partial charge < -0.3 is 14.6 Å². The Morgan fingerprint density at radius 2 is 2.05 bits per heavy atom. The van der Waals surface area contributed by atoms with Crippen LogP contribution in [0.15, 0.2) is 30.5 Å². The first kappa shape index (κ1) is 14.5. The number of methoxy groups -OCH3 is 1. The third kappa shape index (κ3) is 4.06. The number of hydrogen-bond donors (Lipinski definition) is 1. The fourth-order valence-electron chi connectivity index (χ4n) is 2.02. The number of nitrogens with zero attached hydrogens (tertiary/aromatic N) is 2. The number of aromatic nitrogens is 2. The van der Waals surface area contributed by atoms with Crippen LogP contribution in [0, 0.1) is 12.7 Å². The summed E-state index contributed by atoms with van der Waals surface area (Å²) in [5.41, 5.74) is 2.08. The molecule has 1 heterocycles. The maximum absolute atomic E-state index is 12.8. The first-order valence-electron chi connectivity index (χ1n) is 6.70. The largest absolute Gasteiger partial charge is 0.383 e. The van der Waals surface area contributed by atoms with Crippen LogP contribution in [0.25, 0.3) is 0 Å². The lowest BCUT2D eigenvalue weighted by atomic mass is 10.1. The SMILES string of the molecule is COCCn1cc(C)nc1NCCc1ccc(F)cc1. The van der Waals surface area contributed by atoms with Crippen molar-refractivity contribution in [2.24, 2.45) is 0 Å². The molecule has 0 aliphatic heterocycles. The summed E-state index contributed by atoms with van der Waals surface area (Å²) in [5.74, 6) is 0.647. The van der Waals surface area contributed by atoms with Crippen LogP contribution in [0.1, 0.15) is 11.3 Å². The quantitative estimate of drug-likeness (QED) is 0.845. The zero-order valence-corrected chi connectivity index (χ0v) is 11.9. The van der Waals surface area contributed by atoms with Gasteiger partial charge in [0.15, 0.2) is 0 Å². The van der Waals surface area contributed by atoms with E-state index in [9.17, 15) is 4.39 Å². The smallest absolute Gasteiger partial charge is 0.203 e. The molecule has 0 fully saturated rings. The van der Waals surface area contributed by atoms with E-state index in [1.807, 2.05) is 17.7 Å². The molecule has 0 saturated heterocycles. The van der Waals surface area contributed by atoms with Gasteiger partial charge in [-0.1, -0.05) is 12.1 Å². The van der Waals surface area contributed by atoms with Crippen molar-refractivity contribution < 1.29 is 9.13 Å². The van der Waals surface area contributed by atoms with Gasteiger partial charge in [0.2, 0.25) is 5.95 Å². The molecular formula is C15H20FN3O. The van der Waals surface area contributed by atoms with Crippen molar-refractivity contribution in [1.82, 2.24) is 9.55 Å². The number of anilines is 1. The van der Waals surface area contributed by atoms with Crippen LogP contribution in [0.2, 0.25) is 0 Å². The minimum Gasteiger partial charge on any atom is -0.383 e. The van der Waals surface area contributed by atoms with Crippen LogP contribution < -0.4 is 5.32 Å². The number of nitrogens with one attached hydrogen (secondary N) is 1. The van der Waals surface area contributed by atoms with E-state index in [2.05, 4.69) is 10.3 Å². The predicted octanol–water partition coefficient (Wildman–Crippen LogP) is 2.63. The summed E-state index contributed by atoms with van der Waals surface area (Å²) in [6.07, 6.45) is 2.83. The fourth-order valence-corrected chi connectivity index (χ4v) is 2.02. The van der Waals surface area contributed by atoms with E-state index in [1.165, 1.54) is 12.1 Å². The number of aryl methyl sites for hydroxylation is 1. The van der Waals surface area contributed by atoms with Gasteiger partial charge in [-0.2, -0.15) is 0 Å². The first-order chi connectivity index (χ1) is 9.69. The van der Waals surface area contributed by atoms with Crippen LogP contribution >= 0.6 is 0 Å². The standard InChI is InChI=1S/C15H20FN3O/c1-12-11-19(9-10-20-2)15(18-12)17-8-7-13-3-5-14(16)6-4-13/h3-6,11H,7-10H2,1-2H3,(H,17,18). The molecule has 1 aromatic carbocycles. The minimum atomic E-state index is -0.201. The zero-order valence-electron chi connectivity index (χ0n) is 11.9. The van der Waals surface area contributed by atoms with Crippen LogP contribution in [0.3, 0.4) is 0 Å². The van der Waals surface area contributed by atoms with Crippen molar-refractivity contribution in [1.29, 1.82) is 0 Å². The van der Waals surface area contributed by atoms with Gasteiger partial charge in [-0.25, -0.2) is 9.37 Å². The number of hydrogen-bond acceptors (Lipinski definition) is 3. The Balaban J connectivity index is 1.88. The van der Waals surface area contributed by atoms with Crippen molar-refractivity contribution in [2.45, 2.75) is 19.9 Å². The lowest BCUT2D eigenvalue weighted by Crippen LogP contribution is -2.12. The summed E-state index contributed by atoms with van der Waals surface area (Å²) in [7, 11) is 1.69. The van der Waals surface area contributed by atoms with Crippen molar-refractivity contribution in [3.8, 4) is 0 Å². The van der Waals surface area contributed by atoms with E-state index in [-0.39, 0.29) is 5.82 Å². The topological polar surface area (TPSA) is 39.1 Å². The Kier molecular flexibility index (Phi) is 5.12. The molecule has 0 saturated carbocycles. The summed E-state index contributed by atoms with van der Waals surface area (Å²) in [6, 6.07) is 6.58. The molecule has 0 spiro atoms. The highest BCUT2D eigenvalue weighted by atomic mass is 19.1. The molecule has 0 radical (unpaired) electrons. The molecule has 2 aromatic rings. The van der Waals surface area contributed by atoms with Gasteiger partial charge in [0.1, 0.15) is 5.82 Å². The second kappa shape index (κ2) is 7.05. The van der Waals surface area contributed by atoms with E-state index in [4.69, 9.17) is 4.74 Å². The summed E-state index contributed by atoms with van der Waals surface area (Å²) >= 11 is 0. The molecule has 0 aliphatic rings. The maximum Gasteiger partial charge on any atom is 0.203 e. The molecule has 4 nitrogen and oxygen atoms in total.